The molecule has 1 aromatic carbocycles. The Morgan fingerprint density at radius 2 is 1.74 bits per heavy atom. The highest BCUT2D eigenvalue weighted by Gasteiger charge is 2.66. The molecule has 0 bridgehead atoms. The molecule has 1 aromatic rings. The summed E-state index contributed by atoms with van der Waals surface area (Å²) in [5.74, 6) is -4.64. The lowest BCUT2D eigenvalue weighted by Gasteiger charge is -2.18. The highest BCUT2D eigenvalue weighted by Crippen LogP contribution is 2.58. The van der Waals surface area contributed by atoms with E-state index in [9.17, 15) is 18.8 Å². The van der Waals surface area contributed by atoms with Gasteiger partial charge in [-0.05, 0) is 23.1 Å². The number of halogens is 1. The molecule has 0 unspecified atom stereocenters. The van der Waals surface area contributed by atoms with Gasteiger partial charge in [0.15, 0.2) is 0 Å². The van der Waals surface area contributed by atoms with Gasteiger partial charge in [0, 0.05) is 0 Å². The Bertz CT molecular complexity index is 640. The minimum absolute atomic E-state index is 0.373. The van der Waals surface area contributed by atoms with Crippen molar-refractivity contribution >= 4 is 17.8 Å². The minimum atomic E-state index is -1.12. The van der Waals surface area contributed by atoms with Crippen LogP contribution in [-0.4, -0.2) is 28.1 Å². The van der Waals surface area contributed by atoms with Crippen LogP contribution in [0.5, 0.6) is 0 Å². The minimum Gasteiger partial charge on any atom is -0.481 e. The predicted molar refractivity (Wildman–Crippen MR) is 77.9 cm³/mol. The second-order valence-electron chi connectivity index (χ2n) is 6.33. The van der Waals surface area contributed by atoms with Crippen LogP contribution in [0, 0.1) is 23.1 Å². The summed E-state index contributed by atoms with van der Waals surface area (Å²) in [7, 11) is 0. The summed E-state index contributed by atoms with van der Waals surface area (Å²) >= 11 is 0. The molecule has 3 N–H and O–H groups in total. The lowest BCUT2D eigenvalue weighted by Crippen LogP contribution is -2.32. The number of aliphatic carboxylic acids is 2. The highest BCUT2D eigenvalue weighted by molar-refractivity contribution is 5.92. The Balaban J connectivity index is 2.15. The second kappa shape index (κ2) is 5.98. The topological polar surface area (TPSA) is 104 Å². The van der Waals surface area contributed by atoms with Crippen LogP contribution in [0.3, 0.4) is 0 Å². The number of benzene rings is 1. The normalized spacial score (nSPS) is 22.9. The third-order valence-corrected chi connectivity index (χ3v) is 4.34. The van der Waals surface area contributed by atoms with E-state index in [1.165, 1.54) is 24.3 Å². The Labute approximate surface area is 132 Å². The maximum Gasteiger partial charge on any atom is 0.307 e. The molecule has 23 heavy (non-hydrogen) atoms. The molecule has 7 heteroatoms. The summed E-state index contributed by atoms with van der Waals surface area (Å²) in [6.45, 7) is 3.36. The number of amides is 1. The predicted octanol–water partition coefficient (Wildman–Crippen LogP) is 1.81. The zero-order chi connectivity index (χ0) is 17.4. The van der Waals surface area contributed by atoms with Gasteiger partial charge in [-0.25, -0.2) is 4.39 Å². The third-order valence-electron chi connectivity index (χ3n) is 4.34. The van der Waals surface area contributed by atoms with Crippen LogP contribution in [0.15, 0.2) is 24.3 Å². The molecular weight excluding hydrogens is 305 g/mol. The molecule has 0 heterocycles. The van der Waals surface area contributed by atoms with E-state index in [1.54, 1.807) is 13.8 Å². The molecule has 1 aliphatic rings. The molecule has 0 aliphatic heterocycles. The Hall–Kier alpha value is -2.44. The van der Waals surface area contributed by atoms with E-state index in [-0.39, 0.29) is 6.42 Å². The summed E-state index contributed by atoms with van der Waals surface area (Å²) in [6.07, 6.45) is -0.373. The molecule has 1 fully saturated rings. The van der Waals surface area contributed by atoms with Gasteiger partial charge in [0.1, 0.15) is 5.82 Å². The van der Waals surface area contributed by atoms with E-state index in [4.69, 9.17) is 10.2 Å². The van der Waals surface area contributed by atoms with Crippen molar-refractivity contribution in [3.63, 3.8) is 0 Å². The summed E-state index contributed by atoms with van der Waals surface area (Å²) in [4.78, 5) is 34.5. The molecule has 6 nitrogen and oxygen atoms in total. The van der Waals surface area contributed by atoms with E-state index >= 15 is 0 Å². The first-order valence-corrected chi connectivity index (χ1v) is 7.15. The van der Waals surface area contributed by atoms with Crippen molar-refractivity contribution in [3.05, 3.63) is 35.6 Å². The van der Waals surface area contributed by atoms with Gasteiger partial charge in [-0.2, -0.15) is 0 Å². The van der Waals surface area contributed by atoms with Crippen molar-refractivity contribution in [1.82, 2.24) is 5.32 Å². The molecule has 0 spiro atoms. The molecule has 2 rings (SSSR count). The van der Waals surface area contributed by atoms with E-state index in [2.05, 4.69) is 5.32 Å². The van der Waals surface area contributed by atoms with Crippen LogP contribution in [-0.2, 0) is 14.4 Å². The molecule has 0 saturated heterocycles. The standard InChI is InChI=1S/C16H18FNO5/c1-16(2)12(13(16)15(22)23)14(21)18-10(7-11(19)20)8-3-5-9(17)6-4-8/h3-6,10,12-13H,7H2,1-2H3,(H,18,21)(H,19,20)(H,22,23)/t10-,12-,13+/m0/s1. The average molecular weight is 323 g/mol. The number of nitrogens with one attached hydrogen (secondary N) is 1. The number of hydrogen-bond donors (Lipinski definition) is 3. The smallest absolute Gasteiger partial charge is 0.307 e. The number of carbonyl (C=O) groups excluding carboxylic acids is 1. The van der Waals surface area contributed by atoms with Crippen LogP contribution in [0.2, 0.25) is 0 Å². The van der Waals surface area contributed by atoms with Gasteiger partial charge in [0.2, 0.25) is 5.91 Å². The molecule has 124 valence electrons. The lowest BCUT2D eigenvalue weighted by atomic mass is 10.0. The number of carboxylic acid groups (broad SMARTS) is 2. The fourth-order valence-corrected chi connectivity index (χ4v) is 2.97. The van der Waals surface area contributed by atoms with Crippen LogP contribution in [0.4, 0.5) is 4.39 Å². The van der Waals surface area contributed by atoms with Crippen molar-refractivity contribution < 1.29 is 29.0 Å². The highest BCUT2D eigenvalue weighted by atomic mass is 19.1. The van der Waals surface area contributed by atoms with Gasteiger partial charge in [-0.3, -0.25) is 14.4 Å². The van der Waals surface area contributed by atoms with Crippen LogP contribution in [0.25, 0.3) is 0 Å². The van der Waals surface area contributed by atoms with Gasteiger partial charge in [-0.1, -0.05) is 26.0 Å². The van der Waals surface area contributed by atoms with E-state index in [0.717, 1.165) is 0 Å². The van der Waals surface area contributed by atoms with Crippen LogP contribution in [0.1, 0.15) is 31.9 Å². The van der Waals surface area contributed by atoms with Gasteiger partial charge < -0.3 is 15.5 Å². The van der Waals surface area contributed by atoms with Crippen molar-refractivity contribution in [3.8, 4) is 0 Å². The molecule has 3 atom stereocenters. The Morgan fingerprint density at radius 1 is 1.17 bits per heavy atom. The summed E-state index contributed by atoms with van der Waals surface area (Å²) in [5, 5.41) is 20.7. The lowest BCUT2D eigenvalue weighted by molar-refractivity contribution is -0.141. The average Bonchev–Trinajstić information content (AvgIpc) is 3.01. The largest absolute Gasteiger partial charge is 0.481 e. The molecule has 1 amide bonds. The monoisotopic (exact) mass is 323 g/mol. The summed E-state index contributed by atoms with van der Waals surface area (Å²) in [5.41, 5.74) is -0.223. The molecule has 0 radical (unpaired) electrons. The van der Waals surface area contributed by atoms with E-state index < -0.39 is 47.0 Å². The van der Waals surface area contributed by atoms with Crippen LogP contribution >= 0.6 is 0 Å². The van der Waals surface area contributed by atoms with Crippen molar-refractivity contribution in [2.45, 2.75) is 26.3 Å². The van der Waals surface area contributed by atoms with Crippen molar-refractivity contribution in [2.75, 3.05) is 0 Å². The summed E-state index contributed by atoms with van der Waals surface area (Å²) < 4.78 is 13.0. The quantitative estimate of drug-likeness (QED) is 0.741. The van der Waals surface area contributed by atoms with Crippen molar-refractivity contribution in [1.29, 1.82) is 0 Å². The number of hydrogen-bond acceptors (Lipinski definition) is 3. The maximum absolute atomic E-state index is 13.0. The Morgan fingerprint density at radius 3 is 2.17 bits per heavy atom. The van der Waals surface area contributed by atoms with Gasteiger partial charge in [0.05, 0.1) is 24.3 Å². The first kappa shape index (κ1) is 16.9. The van der Waals surface area contributed by atoms with Gasteiger partial charge in [-0.15, -0.1) is 0 Å². The fraction of sp³-hybridized carbons (Fsp3) is 0.438. The SMILES string of the molecule is CC1(C)[C@H](C(=O)N[C@@H](CC(=O)O)c2ccc(F)cc2)[C@@H]1C(=O)O. The van der Waals surface area contributed by atoms with Gasteiger partial charge >= 0.3 is 11.9 Å². The zero-order valence-electron chi connectivity index (χ0n) is 12.7. The molecular formula is C16H18FNO5. The fourth-order valence-electron chi connectivity index (χ4n) is 2.97. The number of carboxylic acids is 2. The summed E-state index contributed by atoms with van der Waals surface area (Å²) in [6, 6.07) is 4.31. The first-order valence-electron chi connectivity index (χ1n) is 7.15. The zero-order valence-corrected chi connectivity index (χ0v) is 12.7. The van der Waals surface area contributed by atoms with E-state index in [0.29, 0.717) is 5.56 Å². The second-order valence-corrected chi connectivity index (χ2v) is 6.33. The first-order chi connectivity index (χ1) is 10.6. The third kappa shape index (κ3) is 3.49. The maximum atomic E-state index is 13.0. The van der Waals surface area contributed by atoms with Crippen molar-refractivity contribution in [2.24, 2.45) is 17.3 Å². The number of rotatable bonds is 6. The van der Waals surface area contributed by atoms with E-state index in [1.807, 2.05) is 0 Å². The Kier molecular flexibility index (Phi) is 4.40. The van der Waals surface area contributed by atoms with Crippen LogP contribution < -0.4 is 5.32 Å². The van der Waals surface area contributed by atoms with Gasteiger partial charge in [0.25, 0.3) is 0 Å². The molecule has 1 saturated carbocycles. The number of carbonyl (C=O) groups is 3. The molecule has 0 aromatic heterocycles. The molecule has 1 aliphatic carbocycles.